The van der Waals surface area contributed by atoms with Crippen molar-refractivity contribution in [2.75, 3.05) is 20.8 Å². The van der Waals surface area contributed by atoms with Gasteiger partial charge in [-0.25, -0.2) is 0 Å². The van der Waals surface area contributed by atoms with Crippen molar-refractivity contribution in [1.29, 1.82) is 0 Å². The molecule has 1 aromatic carbocycles. The van der Waals surface area contributed by atoms with E-state index in [-0.39, 0.29) is 11.8 Å². The molecule has 1 aliphatic heterocycles. The Labute approximate surface area is 94.6 Å². The van der Waals surface area contributed by atoms with Crippen LogP contribution in [0.1, 0.15) is 18.0 Å². The molecule has 1 unspecified atom stereocenters. The fraction of sp³-hybridized carbons (Fsp3) is 0.417. The van der Waals surface area contributed by atoms with Gasteiger partial charge in [-0.2, -0.15) is 0 Å². The number of rotatable bonds is 3. The molecule has 0 saturated carbocycles. The molecule has 4 heteroatoms. The first-order chi connectivity index (χ1) is 7.76. The van der Waals surface area contributed by atoms with Gasteiger partial charge in [-0.3, -0.25) is 4.79 Å². The number of Topliss-reactive ketones (excluding diaryl/α,β-unsaturated/α-hetero) is 1. The molecule has 1 aromatic rings. The lowest BCUT2D eigenvalue weighted by molar-refractivity contribution is -0.118. The van der Waals surface area contributed by atoms with Gasteiger partial charge in [-0.1, -0.05) is 6.07 Å². The van der Waals surface area contributed by atoms with Gasteiger partial charge in [0.15, 0.2) is 17.3 Å². The summed E-state index contributed by atoms with van der Waals surface area (Å²) in [5, 5.41) is 3.17. The smallest absolute Gasteiger partial charge is 0.161 e. The zero-order valence-electron chi connectivity index (χ0n) is 9.45. The summed E-state index contributed by atoms with van der Waals surface area (Å²) in [6.45, 7) is 0.748. The molecule has 4 nitrogen and oxygen atoms in total. The maximum atomic E-state index is 11.6. The molecule has 1 saturated heterocycles. The topological polar surface area (TPSA) is 47.6 Å². The normalized spacial score (nSPS) is 19.9. The van der Waals surface area contributed by atoms with Crippen molar-refractivity contribution in [3.05, 3.63) is 23.8 Å². The van der Waals surface area contributed by atoms with E-state index < -0.39 is 0 Å². The van der Waals surface area contributed by atoms with E-state index in [1.165, 1.54) is 0 Å². The maximum Gasteiger partial charge on any atom is 0.161 e. The minimum absolute atomic E-state index is 0.195. The van der Waals surface area contributed by atoms with Crippen LogP contribution in [0.2, 0.25) is 0 Å². The minimum atomic E-state index is -0.195. The molecule has 0 radical (unpaired) electrons. The quantitative estimate of drug-likeness (QED) is 0.836. The van der Waals surface area contributed by atoms with Crippen LogP contribution in [0.3, 0.4) is 0 Å². The number of hydrogen-bond donors (Lipinski definition) is 1. The molecule has 1 atom stereocenters. The van der Waals surface area contributed by atoms with Crippen molar-refractivity contribution in [3.8, 4) is 11.5 Å². The number of carbonyl (C=O) groups excluding carboxylic acids is 1. The molecule has 2 rings (SSSR count). The van der Waals surface area contributed by atoms with Gasteiger partial charge in [0.2, 0.25) is 0 Å². The van der Waals surface area contributed by atoms with Gasteiger partial charge in [0.05, 0.1) is 20.3 Å². The van der Waals surface area contributed by atoms with Crippen LogP contribution < -0.4 is 14.8 Å². The van der Waals surface area contributed by atoms with Crippen molar-refractivity contribution in [3.63, 3.8) is 0 Å². The summed E-state index contributed by atoms with van der Waals surface area (Å²) in [5.41, 5.74) is 0.931. The minimum Gasteiger partial charge on any atom is -0.493 e. The van der Waals surface area contributed by atoms with Crippen LogP contribution >= 0.6 is 0 Å². The molecule has 1 fully saturated rings. The second kappa shape index (κ2) is 4.53. The van der Waals surface area contributed by atoms with E-state index in [2.05, 4.69) is 5.32 Å². The van der Waals surface area contributed by atoms with Gasteiger partial charge in [-0.05, 0) is 17.7 Å². The largest absolute Gasteiger partial charge is 0.493 e. The Kier molecular flexibility index (Phi) is 3.10. The molecule has 1 aliphatic rings. The van der Waals surface area contributed by atoms with Crippen LogP contribution in [0.15, 0.2) is 18.2 Å². The second-order valence-corrected chi connectivity index (χ2v) is 3.72. The zero-order valence-corrected chi connectivity index (χ0v) is 9.45. The maximum absolute atomic E-state index is 11.6. The van der Waals surface area contributed by atoms with E-state index in [1.54, 1.807) is 14.2 Å². The van der Waals surface area contributed by atoms with Gasteiger partial charge in [0, 0.05) is 13.0 Å². The number of benzene rings is 1. The Morgan fingerprint density at radius 2 is 2.00 bits per heavy atom. The Morgan fingerprint density at radius 3 is 2.56 bits per heavy atom. The molecule has 0 aliphatic carbocycles. The number of ketones is 1. The lowest BCUT2D eigenvalue weighted by Gasteiger charge is -2.13. The van der Waals surface area contributed by atoms with Gasteiger partial charge >= 0.3 is 0 Å². The molecule has 86 valence electrons. The predicted octanol–water partition coefficient (Wildman–Crippen LogP) is 1.31. The van der Waals surface area contributed by atoms with Crippen LogP contribution in [0, 0.1) is 0 Å². The number of methoxy groups -OCH3 is 2. The van der Waals surface area contributed by atoms with Crippen LogP contribution in [-0.2, 0) is 4.79 Å². The molecule has 16 heavy (non-hydrogen) atoms. The summed E-state index contributed by atoms with van der Waals surface area (Å²) in [5.74, 6) is 1.56. The van der Waals surface area contributed by atoms with Gasteiger partial charge in [-0.15, -0.1) is 0 Å². The lowest BCUT2D eigenvalue weighted by atomic mass is 10.0. The van der Waals surface area contributed by atoms with Crippen LogP contribution in [0.4, 0.5) is 0 Å². The van der Waals surface area contributed by atoms with E-state index in [4.69, 9.17) is 9.47 Å². The molecular weight excluding hydrogens is 206 g/mol. The highest BCUT2D eigenvalue weighted by Crippen LogP contribution is 2.31. The van der Waals surface area contributed by atoms with Crippen LogP contribution in [0.25, 0.3) is 0 Å². The van der Waals surface area contributed by atoms with Crippen molar-refractivity contribution >= 4 is 5.78 Å². The van der Waals surface area contributed by atoms with Crippen LogP contribution in [0.5, 0.6) is 11.5 Å². The summed E-state index contributed by atoms with van der Waals surface area (Å²) in [4.78, 5) is 11.6. The standard InChI is InChI=1S/C12H15NO3/c1-15-10-4-3-8(7-11(10)16-2)12-9(14)5-6-13-12/h3-4,7,12-13H,5-6H2,1-2H3. The van der Waals surface area contributed by atoms with Gasteiger partial charge < -0.3 is 14.8 Å². The number of carbonyl (C=O) groups is 1. The highest BCUT2D eigenvalue weighted by Gasteiger charge is 2.25. The Hall–Kier alpha value is -1.55. The number of hydrogen-bond acceptors (Lipinski definition) is 4. The summed E-state index contributed by atoms with van der Waals surface area (Å²) in [6, 6.07) is 5.36. The summed E-state index contributed by atoms with van der Waals surface area (Å²) < 4.78 is 10.4. The molecule has 1 heterocycles. The Balaban J connectivity index is 2.32. The zero-order chi connectivity index (χ0) is 11.5. The monoisotopic (exact) mass is 221 g/mol. The van der Waals surface area contributed by atoms with Crippen molar-refractivity contribution in [2.45, 2.75) is 12.5 Å². The van der Waals surface area contributed by atoms with E-state index in [0.29, 0.717) is 17.9 Å². The van der Waals surface area contributed by atoms with Gasteiger partial charge in [0.1, 0.15) is 0 Å². The number of nitrogens with one attached hydrogen (secondary N) is 1. The van der Waals surface area contributed by atoms with E-state index in [0.717, 1.165) is 12.1 Å². The number of ether oxygens (including phenoxy) is 2. The predicted molar refractivity (Wildman–Crippen MR) is 59.9 cm³/mol. The molecule has 0 amide bonds. The van der Waals surface area contributed by atoms with Crippen molar-refractivity contribution in [1.82, 2.24) is 5.32 Å². The molecule has 0 bridgehead atoms. The third-order valence-corrected chi connectivity index (χ3v) is 2.78. The fourth-order valence-corrected chi connectivity index (χ4v) is 1.93. The van der Waals surface area contributed by atoms with E-state index in [9.17, 15) is 4.79 Å². The first-order valence-electron chi connectivity index (χ1n) is 5.24. The summed E-state index contributed by atoms with van der Waals surface area (Å²) in [6.07, 6.45) is 0.596. The SMILES string of the molecule is COc1ccc(C2NCCC2=O)cc1OC. The summed E-state index contributed by atoms with van der Waals surface area (Å²) >= 11 is 0. The summed E-state index contributed by atoms with van der Waals surface area (Å²) in [7, 11) is 3.18. The molecule has 0 spiro atoms. The average molecular weight is 221 g/mol. The fourth-order valence-electron chi connectivity index (χ4n) is 1.93. The average Bonchev–Trinajstić information content (AvgIpc) is 2.74. The second-order valence-electron chi connectivity index (χ2n) is 3.72. The third kappa shape index (κ3) is 1.88. The van der Waals surface area contributed by atoms with Gasteiger partial charge in [0.25, 0.3) is 0 Å². The third-order valence-electron chi connectivity index (χ3n) is 2.78. The molecule has 0 aromatic heterocycles. The highest BCUT2D eigenvalue weighted by molar-refractivity contribution is 5.87. The van der Waals surface area contributed by atoms with E-state index >= 15 is 0 Å². The highest BCUT2D eigenvalue weighted by atomic mass is 16.5. The van der Waals surface area contributed by atoms with Crippen molar-refractivity contribution < 1.29 is 14.3 Å². The van der Waals surface area contributed by atoms with Crippen molar-refractivity contribution in [2.24, 2.45) is 0 Å². The first kappa shape index (κ1) is 11.0. The van der Waals surface area contributed by atoms with E-state index in [1.807, 2.05) is 18.2 Å². The molecular formula is C12H15NO3. The first-order valence-corrected chi connectivity index (χ1v) is 5.24. The Bertz CT molecular complexity index is 403. The lowest BCUT2D eigenvalue weighted by Crippen LogP contribution is -2.17. The molecule has 1 N–H and O–H groups in total. The van der Waals surface area contributed by atoms with Crippen LogP contribution in [-0.4, -0.2) is 26.5 Å². The Morgan fingerprint density at radius 1 is 1.25 bits per heavy atom.